The lowest BCUT2D eigenvalue weighted by atomic mass is 9.82. The Morgan fingerprint density at radius 3 is 2.32 bits per heavy atom. The minimum atomic E-state index is -4.68. The van der Waals surface area contributed by atoms with Gasteiger partial charge in [0.1, 0.15) is 11.6 Å². The van der Waals surface area contributed by atoms with Crippen LogP contribution in [0.25, 0.3) is 11.3 Å². The number of imidazole rings is 1. The minimum absolute atomic E-state index is 0.215. The van der Waals surface area contributed by atoms with Gasteiger partial charge in [-0.3, -0.25) is 0 Å². The summed E-state index contributed by atoms with van der Waals surface area (Å²) in [6.45, 7) is 0. The number of hydrogen-bond acceptors (Lipinski definition) is 3. The van der Waals surface area contributed by atoms with Crippen LogP contribution in [0.1, 0.15) is 63.2 Å². The van der Waals surface area contributed by atoms with Crippen molar-refractivity contribution < 1.29 is 17.9 Å². The molecule has 2 saturated carbocycles. The largest absolute Gasteiger partial charge is 0.573 e. The fourth-order valence-electron chi connectivity index (χ4n) is 4.21. The van der Waals surface area contributed by atoms with Crippen molar-refractivity contribution in [2.75, 3.05) is 0 Å². The molecule has 0 saturated heterocycles. The summed E-state index contributed by atoms with van der Waals surface area (Å²) in [4.78, 5) is 8.11. The van der Waals surface area contributed by atoms with Crippen LogP contribution in [0.3, 0.4) is 0 Å². The zero-order chi connectivity index (χ0) is 19.6. The second-order valence-electron chi connectivity index (χ2n) is 7.91. The molecular weight excluding hydrogens is 367 g/mol. The van der Waals surface area contributed by atoms with Crippen LogP contribution in [0.5, 0.6) is 5.75 Å². The molecule has 4 rings (SSSR count). The molecule has 1 aromatic heterocycles. The number of benzene rings is 1. The van der Waals surface area contributed by atoms with Gasteiger partial charge in [0.15, 0.2) is 0 Å². The van der Waals surface area contributed by atoms with Crippen LogP contribution in [0, 0.1) is 5.92 Å². The van der Waals surface area contributed by atoms with Gasteiger partial charge < -0.3 is 15.0 Å². The summed E-state index contributed by atoms with van der Waals surface area (Å²) in [5, 5.41) is 3.80. The lowest BCUT2D eigenvalue weighted by molar-refractivity contribution is -0.274. The molecule has 0 bridgehead atoms. The molecule has 7 heteroatoms. The second kappa shape index (κ2) is 8.15. The zero-order valence-electron chi connectivity index (χ0n) is 15.8. The molecule has 1 atom stereocenters. The fourth-order valence-corrected chi connectivity index (χ4v) is 4.21. The molecule has 1 aromatic carbocycles. The second-order valence-corrected chi connectivity index (χ2v) is 7.91. The van der Waals surface area contributed by atoms with E-state index in [4.69, 9.17) is 4.98 Å². The summed E-state index contributed by atoms with van der Waals surface area (Å²) >= 11 is 0. The van der Waals surface area contributed by atoms with Gasteiger partial charge in [0.05, 0.1) is 11.7 Å². The van der Waals surface area contributed by atoms with Gasteiger partial charge in [0, 0.05) is 17.8 Å². The molecule has 152 valence electrons. The lowest BCUT2D eigenvalue weighted by Gasteiger charge is -2.36. The number of nitrogens with zero attached hydrogens (tertiary/aromatic N) is 1. The molecule has 1 heterocycles. The third kappa shape index (κ3) is 4.69. The van der Waals surface area contributed by atoms with E-state index < -0.39 is 6.36 Å². The van der Waals surface area contributed by atoms with Gasteiger partial charge in [-0.15, -0.1) is 13.2 Å². The third-order valence-electron chi connectivity index (χ3n) is 5.92. The Balaban J connectivity index is 1.50. The highest BCUT2D eigenvalue weighted by Gasteiger charge is 2.32. The Morgan fingerprint density at radius 2 is 1.71 bits per heavy atom. The van der Waals surface area contributed by atoms with Crippen LogP contribution in [-0.2, 0) is 0 Å². The van der Waals surface area contributed by atoms with Crippen molar-refractivity contribution >= 4 is 0 Å². The Kier molecular flexibility index (Phi) is 5.62. The SMILES string of the molecule is FC(F)(F)Oc1ccc(-c2c[nH]c(C(NC3CCC3)C3CCCCC3)n2)cc1. The normalized spacial score (nSPS) is 20.0. The van der Waals surface area contributed by atoms with E-state index in [0.29, 0.717) is 12.0 Å². The molecule has 4 nitrogen and oxygen atoms in total. The Bertz CT molecular complexity index is 762. The summed E-state index contributed by atoms with van der Waals surface area (Å²) < 4.78 is 40.9. The van der Waals surface area contributed by atoms with Gasteiger partial charge in [-0.25, -0.2) is 4.98 Å². The lowest BCUT2D eigenvalue weighted by Crippen LogP contribution is -2.41. The molecule has 2 aromatic rings. The minimum Gasteiger partial charge on any atom is -0.406 e. The maximum Gasteiger partial charge on any atom is 0.573 e. The number of hydrogen-bond donors (Lipinski definition) is 2. The number of nitrogens with one attached hydrogen (secondary N) is 2. The molecule has 0 amide bonds. The molecule has 0 radical (unpaired) electrons. The van der Waals surface area contributed by atoms with Gasteiger partial charge in [0.25, 0.3) is 0 Å². The number of aromatic amines is 1. The van der Waals surface area contributed by atoms with Gasteiger partial charge in [0.2, 0.25) is 0 Å². The molecule has 0 spiro atoms. The standard InChI is InChI=1S/C21H26F3N3O/c22-21(23,24)28-17-11-9-14(10-12-17)18-13-25-20(27-18)19(26-16-7-4-8-16)15-5-2-1-3-6-15/h9-13,15-16,19,26H,1-8H2,(H,25,27). The molecule has 28 heavy (non-hydrogen) atoms. The van der Waals surface area contributed by atoms with Crippen LogP contribution in [0.15, 0.2) is 30.5 Å². The predicted octanol–water partition coefficient (Wildman–Crippen LogP) is 5.74. The maximum atomic E-state index is 12.3. The first kappa shape index (κ1) is 19.3. The molecule has 1 unspecified atom stereocenters. The summed E-state index contributed by atoms with van der Waals surface area (Å²) in [5.41, 5.74) is 1.51. The number of halogens is 3. The number of H-pyrrole nitrogens is 1. The molecule has 2 N–H and O–H groups in total. The van der Waals surface area contributed by atoms with E-state index >= 15 is 0 Å². The van der Waals surface area contributed by atoms with Crippen LogP contribution in [-0.4, -0.2) is 22.4 Å². The summed E-state index contributed by atoms with van der Waals surface area (Å²) in [5.74, 6) is 1.29. The van der Waals surface area contributed by atoms with E-state index in [0.717, 1.165) is 17.1 Å². The quantitative estimate of drug-likeness (QED) is 0.658. The highest BCUT2D eigenvalue weighted by atomic mass is 19.4. The summed E-state index contributed by atoms with van der Waals surface area (Å²) in [6.07, 6.45) is 7.15. The fraction of sp³-hybridized carbons (Fsp3) is 0.571. The monoisotopic (exact) mass is 393 g/mol. The smallest absolute Gasteiger partial charge is 0.406 e. The van der Waals surface area contributed by atoms with Crippen LogP contribution >= 0.6 is 0 Å². The van der Waals surface area contributed by atoms with Crippen LogP contribution in [0.2, 0.25) is 0 Å². The van der Waals surface area contributed by atoms with Crippen molar-refractivity contribution in [2.45, 2.75) is 69.8 Å². The van der Waals surface area contributed by atoms with Gasteiger partial charge >= 0.3 is 6.36 Å². The molecule has 0 aliphatic heterocycles. The number of alkyl halides is 3. The van der Waals surface area contributed by atoms with Crippen molar-refractivity contribution in [1.29, 1.82) is 0 Å². The third-order valence-corrected chi connectivity index (χ3v) is 5.92. The average Bonchev–Trinajstić information content (AvgIpc) is 3.11. The van der Waals surface area contributed by atoms with E-state index in [-0.39, 0.29) is 11.8 Å². The number of rotatable bonds is 6. The Morgan fingerprint density at radius 1 is 1.00 bits per heavy atom. The van der Waals surface area contributed by atoms with Crippen molar-refractivity contribution in [3.8, 4) is 17.0 Å². The molecule has 2 aliphatic carbocycles. The Labute approximate surface area is 162 Å². The number of aromatic nitrogens is 2. The highest BCUT2D eigenvalue weighted by Crippen LogP contribution is 2.36. The van der Waals surface area contributed by atoms with Crippen LogP contribution in [0.4, 0.5) is 13.2 Å². The van der Waals surface area contributed by atoms with Crippen molar-refractivity contribution in [3.63, 3.8) is 0 Å². The van der Waals surface area contributed by atoms with Crippen LogP contribution < -0.4 is 10.1 Å². The molecule has 2 fully saturated rings. The van der Waals surface area contributed by atoms with Crippen molar-refractivity contribution in [1.82, 2.24) is 15.3 Å². The first-order valence-corrected chi connectivity index (χ1v) is 10.2. The summed E-state index contributed by atoms with van der Waals surface area (Å²) in [7, 11) is 0. The predicted molar refractivity (Wildman–Crippen MR) is 101 cm³/mol. The topological polar surface area (TPSA) is 49.9 Å². The van der Waals surface area contributed by atoms with E-state index in [1.807, 2.05) is 6.20 Å². The molecule has 2 aliphatic rings. The Hall–Kier alpha value is -2.02. The molecular formula is C21H26F3N3O. The van der Waals surface area contributed by atoms with Crippen molar-refractivity contribution in [2.24, 2.45) is 5.92 Å². The van der Waals surface area contributed by atoms with Gasteiger partial charge in [-0.1, -0.05) is 25.7 Å². The maximum absolute atomic E-state index is 12.3. The average molecular weight is 393 g/mol. The first-order chi connectivity index (χ1) is 13.5. The zero-order valence-corrected chi connectivity index (χ0v) is 15.8. The van der Waals surface area contributed by atoms with E-state index in [2.05, 4.69) is 15.0 Å². The number of ether oxygens (including phenoxy) is 1. The highest BCUT2D eigenvalue weighted by molar-refractivity contribution is 5.59. The van der Waals surface area contributed by atoms with Gasteiger partial charge in [-0.05, 0) is 55.9 Å². The van der Waals surface area contributed by atoms with Gasteiger partial charge in [-0.2, -0.15) is 0 Å². The first-order valence-electron chi connectivity index (χ1n) is 10.2. The van der Waals surface area contributed by atoms with E-state index in [1.165, 1.54) is 63.5 Å². The summed E-state index contributed by atoms with van der Waals surface area (Å²) in [6, 6.07) is 6.64. The van der Waals surface area contributed by atoms with E-state index in [1.54, 1.807) is 12.1 Å². The van der Waals surface area contributed by atoms with Crippen molar-refractivity contribution in [3.05, 3.63) is 36.3 Å². The van der Waals surface area contributed by atoms with E-state index in [9.17, 15) is 13.2 Å².